The van der Waals surface area contributed by atoms with Gasteiger partial charge in [-0.05, 0) is 44.7 Å². The highest BCUT2D eigenvalue weighted by molar-refractivity contribution is 5.92. The quantitative estimate of drug-likeness (QED) is 0.909. The molecule has 3 rings (SSSR count). The predicted octanol–water partition coefficient (Wildman–Crippen LogP) is 3.01. The first-order chi connectivity index (χ1) is 12.0. The number of para-hydroxylation sites is 2. The van der Waals surface area contributed by atoms with E-state index in [0.29, 0.717) is 19.7 Å². The van der Waals surface area contributed by atoms with Crippen molar-refractivity contribution < 1.29 is 14.3 Å². The Bertz CT molecular complexity index is 760. The van der Waals surface area contributed by atoms with Gasteiger partial charge in [0.2, 0.25) is 5.91 Å². The number of nitrogens with zero attached hydrogens (tertiary/aromatic N) is 1. The van der Waals surface area contributed by atoms with E-state index >= 15 is 0 Å². The number of aryl methyl sites for hydroxylation is 2. The molecular weight excluding hydrogens is 316 g/mol. The van der Waals surface area contributed by atoms with E-state index in [2.05, 4.69) is 11.4 Å². The van der Waals surface area contributed by atoms with E-state index in [1.807, 2.05) is 62.2 Å². The highest BCUT2D eigenvalue weighted by Gasteiger charge is 2.22. The average Bonchev–Trinajstić information content (AvgIpc) is 2.57. The zero-order chi connectivity index (χ0) is 17.8. The molecule has 0 spiro atoms. The second-order valence-electron chi connectivity index (χ2n) is 6.56. The van der Waals surface area contributed by atoms with Gasteiger partial charge in [0.1, 0.15) is 12.7 Å². The standard InChI is InChI=1S/C20H24N2O3/c1-14-8-9-17(15(2)10-14)21-20(23)12-22(3)11-16-13-24-18-6-4-5-7-19(18)25-16/h4-10,16H,11-13H2,1-3H3,(H,21,23)/t16-/m1/s1. The Hall–Kier alpha value is -2.53. The topological polar surface area (TPSA) is 50.8 Å². The first-order valence-corrected chi connectivity index (χ1v) is 8.45. The van der Waals surface area contributed by atoms with Crippen LogP contribution in [0.1, 0.15) is 11.1 Å². The van der Waals surface area contributed by atoms with E-state index in [4.69, 9.17) is 9.47 Å². The van der Waals surface area contributed by atoms with Crippen LogP contribution in [0.15, 0.2) is 42.5 Å². The van der Waals surface area contributed by atoms with E-state index in [-0.39, 0.29) is 12.0 Å². The highest BCUT2D eigenvalue weighted by atomic mass is 16.6. The molecule has 1 aliphatic heterocycles. The molecule has 25 heavy (non-hydrogen) atoms. The van der Waals surface area contributed by atoms with Crippen molar-refractivity contribution in [3.63, 3.8) is 0 Å². The SMILES string of the molecule is Cc1ccc(NC(=O)CN(C)C[C@@H]2COc3ccccc3O2)c(C)c1. The molecule has 5 nitrogen and oxygen atoms in total. The van der Waals surface area contributed by atoms with E-state index in [1.165, 1.54) is 5.56 Å². The van der Waals surface area contributed by atoms with Crippen LogP contribution in [0, 0.1) is 13.8 Å². The molecule has 0 bridgehead atoms. The summed E-state index contributed by atoms with van der Waals surface area (Å²) in [5.41, 5.74) is 3.11. The lowest BCUT2D eigenvalue weighted by Gasteiger charge is -2.29. The number of carbonyl (C=O) groups is 1. The average molecular weight is 340 g/mol. The van der Waals surface area contributed by atoms with Crippen LogP contribution in [0.3, 0.4) is 0 Å². The molecule has 2 aromatic rings. The van der Waals surface area contributed by atoms with Gasteiger partial charge in [0.05, 0.1) is 6.54 Å². The third kappa shape index (κ3) is 4.51. The molecule has 1 aliphatic rings. The second kappa shape index (κ2) is 7.57. The fraction of sp³-hybridized carbons (Fsp3) is 0.350. The fourth-order valence-corrected chi connectivity index (χ4v) is 2.95. The summed E-state index contributed by atoms with van der Waals surface area (Å²) in [5.74, 6) is 1.49. The first kappa shape index (κ1) is 17.3. The second-order valence-corrected chi connectivity index (χ2v) is 6.56. The molecular formula is C20H24N2O3. The Morgan fingerprint density at radius 1 is 1.20 bits per heavy atom. The van der Waals surface area contributed by atoms with E-state index in [1.54, 1.807) is 0 Å². The summed E-state index contributed by atoms with van der Waals surface area (Å²) in [6.07, 6.45) is -0.0891. The summed E-state index contributed by atoms with van der Waals surface area (Å²) < 4.78 is 11.6. The van der Waals surface area contributed by atoms with Crippen molar-refractivity contribution in [2.45, 2.75) is 20.0 Å². The van der Waals surface area contributed by atoms with Crippen LogP contribution in [-0.4, -0.2) is 43.7 Å². The number of ether oxygens (including phenoxy) is 2. The Labute approximate surface area is 148 Å². The zero-order valence-electron chi connectivity index (χ0n) is 14.9. The minimum absolute atomic E-state index is 0.0356. The molecule has 0 radical (unpaired) electrons. The van der Waals surface area contributed by atoms with Crippen LogP contribution in [-0.2, 0) is 4.79 Å². The Balaban J connectivity index is 1.51. The third-order valence-electron chi connectivity index (χ3n) is 4.15. The molecule has 0 aromatic heterocycles. The highest BCUT2D eigenvalue weighted by Crippen LogP contribution is 2.30. The number of rotatable bonds is 5. The molecule has 0 saturated heterocycles. The molecule has 1 amide bonds. The Morgan fingerprint density at radius 3 is 2.72 bits per heavy atom. The summed E-state index contributed by atoms with van der Waals surface area (Å²) in [4.78, 5) is 14.2. The number of nitrogens with one attached hydrogen (secondary N) is 1. The number of benzene rings is 2. The molecule has 1 heterocycles. The number of anilines is 1. The normalized spacial score (nSPS) is 15.9. The van der Waals surface area contributed by atoms with Crippen molar-refractivity contribution in [1.29, 1.82) is 0 Å². The van der Waals surface area contributed by atoms with E-state index in [9.17, 15) is 4.79 Å². The number of hydrogen-bond donors (Lipinski definition) is 1. The van der Waals surface area contributed by atoms with Gasteiger partial charge in [0, 0.05) is 12.2 Å². The van der Waals surface area contributed by atoms with Crippen LogP contribution in [0.5, 0.6) is 11.5 Å². The lowest BCUT2D eigenvalue weighted by molar-refractivity contribution is -0.117. The summed E-state index contributed by atoms with van der Waals surface area (Å²) in [5, 5.41) is 2.97. The Kier molecular flexibility index (Phi) is 5.24. The minimum atomic E-state index is -0.0891. The number of amides is 1. The van der Waals surface area contributed by atoms with Crippen molar-refractivity contribution in [3.8, 4) is 11.5 Å². The van der Waals surface area contributed by atoms with Gasteiger partial charge in [0.15, 0.2) is 11.5 Å². The molecule has 0 unspecified atom stereocenters. The van der Waals surface area contributed by atoms with Gasteiger partial charge < -0.3 is 14.8 Å². The molecule has 1 N–H and O–H groups in total. The van der Waals surface area contributed by atoms with Crippen molar-refractivity contribution in [3.05, 3.63) is 53.6 Å². The van der Waals surface area contributed by atoms with Crippen LogP contribution >= 0.6 is 0 Å². The lowest BCUT2D eigenvalue weighted by atomic mass is 10.1. The van der Waals surface area contributed by atoms with E-state index in [0.717, 1.165) is 22.7 Å². The number of carbonyl (C=O) groups excluding carboxylic acids is 1. The predicted molar refractivity (Wildman–Crippen MR) is 98.4 cm³/mol. The van der Waals surface area contributed by atoms with Crippen molar-refractivity contribution in [2.24, 2.45) is 0 Å². The van der Waals surface area contributed by atoms with Crippen LogP contribution < -0.4 is 14.8 Å². The zero-order valence-corrected chi connectivity index (χ0v) is 14.9. The Morgan fingerprint density at radius 2 is 1.96 bits per heavy atom. The molecule has 2 aromatic carbocycles. The molecule has 0 aliphatic carbocycles. The maximum atomic E-state index is 12.3. The van der Waals surface area contributed by atoms with Gasteiger partial charge in [-0.2, -0.15) is 0 Å². The monoisotopic (exact) mass is 340 g/mol. The third-order valence-corrected chi connectivity index (χ3v) is 4.15. The fourth-order valence-electron chi connectivity index (χ4n) is 2.95. The first-order valence-electron chi connectivity index (χ1n) is 8.45. The maximum absolute atomic E-state index is 12.3. The van der Waals surface area contributed by atoms with Gasteiger partial charge in [-0.1, -0.05) is 29.8 Å². The summed E-state index contributed by atoms with van der Waals surface area (Å²) >= 11 is 0. The molecule has 1 atom stereocenters. The van der Waals surface area contributed by atoms with Gasteiger partial charge >= 0.3 is 0 Å². The molecule has 132 valence electrons. The van der Waals surface area contributed by atoms with Crippen molar-refractivity contribution in [1.82, 2.24) is 4.90 Å². The lowest BCUT2D eigenvalue weighted by Crippen LogP contribution is -2.42. The van der Waals surface area contributed by atoms with Crippen LogP contribution in [0.2, 0.25) is 0 Å². The van der Waals surface area contributed by atoms with Gasteiger partial charge in [-0.25, -0.2) is 0 Å². The molecule has 0 fully saturated rings. The van der Waals surface area contributed by atoms with E-state index < -0.39 is 0 Å². The molecule has 5 heteroatoms. The number of hydrogen-bond acceptors (Lipinski definition) is 4. The summed E-state index contributed by atoms with van der Waals surface area (Å²) in [6.45, 7) is 5.44. The molecule has 0 saturated carbocycles. The number of likely N-dealkylation sites (N-methyl/N-ethyl adjacent to an activating group) is 1. The largest absolute Gasteiger partial charge is 0.486 e. The van der Waals surface area contributed by atoms with Crippen molar-refractivity contribution >= 4 is 11.6 Å². The van der Waals surface area contributed by atoms with Crippen LogP contribution in [0.4, 0.5) is 5.69 Å². The summed E-state index contributed by atoms with van der Waals surface area (Å²) in [7, 11) is 1.91. The van der Waals surface area contributed by atoms with Gasteiger partial charge in [-0.15, -0.1) is 0 Å². The smallest absolute Gasteiger partial charge is 0.238 e. The van der Waals surface area contributed by atoms with Gasteiger partial charge in [-0.3, -0.25) is 9.69 Å². The van der Waals surface area contributed by atoms with Crippen molar-refractivity contribution in [2.75, 3.05) is 32.1 Å². The van der Waals surface area contributed by atoms with Gasteiger partial charge in [0.25, 0.3) is 0 Å². The van der Waals surface area contributed by atoms with Crippen LogP contribution in [0.25, 0.3) is 0 Å². The minimum Gasteiger partial charge on any atom is -0.486 e. The summed E-state index contributed by atoms with van der Waals surface area (Å²) in [6, 6.07) is 13.6. The number of fused-ring (bicyclic) bond motifs is 1. The maximum Gasteiger partial charge on any atom is 0.238 e.